The lowest BCUT2D eigenvalue weighted by Crippen LogP contribution is -2.57. The minimum atomic E-state index is -6.60. The zero-order valence-electron chi connectivity index (χ0n) is 9.54. The summed E-state index contributed by atoms with van der Waals surface area (Å²) in [6.45, 7) is 0. The van der Waals surface area contributed by atoms with Crippen molar-refractivity contribution in [1.29, 1.82) is 0 Å². The van der Waals surface area contributed by atoms with Gasteiger partial charge < -0.3 is 5.32 Å². The number of nitrogens with one attached hydrogen (secondary N) is 1. The zero-order chi connectivity index (χ0) is 16.6. The highest BCUT2D eigenvalue weighted by Gasteiger charge is 2.76. The normalized spacial score (nSPS) is 13.2. The lowest BCUT2D eigenvalue weighted by Gasteiger charge is -2.27. The molecule has 0 aromatic heterocycles. The Kier molecular flexibility index (Phi) is 4.69. The van der Waals surface area contributed by atoms with E-state index in [0.717, 1.165) is 18.2 Å². The third kappa shape index (κ3) is 3.34. The molecule has 0 fully saturated rings. The summed E-state index contributed by atoms with van der Waals surface area (Å²) in [5.41, 5.74) is -0.594. The summed E-state index contributed by atoms with van der Waals surface area (Å²) < 4.78 is 87.1. The van der Waals surface area contributed by atoms with E-state index in [9.17, 15) is 35.5 Å². The topological polar surface area (TPSA) is 29.1 Å². The third-order valence-electron chi connectivity index (χ3n) is 2.21. The lowest BCUT2D eigenvalue weighted by atomic mass is 10.1. The minimum absolute atomic E-state index is 0.0328. The fourth-order valence-corrected chi connectivity index (χ4v) is 1.57. The Morgan fingerprint density at radius 1 is 1.00 bits per heavy atom. The van der Waals surface area contributed by atoms with Crippen molar-refractivity contribution < 1.29 is 35.5 Å². The van der Waals surface area contributed by atoms with Gasteiger partial charge in [-0.1, -0.05) is 23.2 Å². The Hall–Kier alpha value is -1.22. The fourth-order valence-electron chi connectivity index (χ4n) is 1.11. The van der Waals surface area contributed by atoms with Crippen LogP contribution in [0, 0.1) is 0 Å². The molecular formula is C10H4Cl2F7NO. The van der Waals surface area contributed by atoms with Gasteiger partial charge in [-0.3, -0.25) is 4.79 Å². The molecule has 21 heavy (non-hydrogen) atoms. The van der Waals surface area contributed by atoms with Crippen LogP contribution in [0.2, 0.25) is 10.0 Å². The van der Waals surface area contributed by atoms with Crippen molar-refractivity contribution in [1.82, 2.24) is 0 Å². The van der Waals surface area contributed by atoms with Crippen LogP contribution in [0.4, 0.5) is 36.4 Å². The molecule has 11 heteroatoms. The summed E-state index contributed by atoms with van der Waals surface area (Å²) >= 11 is 10.9. The first-order valence-electron chi connectivity index (χ1n) is 4.89. The summed E-state index contributed by atoms with van der Waals surface area (Å²) in [5, 5.41) is 0.814. The molecule has 0 unspecified atom stereocenters. The number of alkyl halides is 7. The Morgan fingerprint density at radius 3 is 1.95 bits per heavy atom. The predicted octanol–water partition coefficient (Wildman–Crippen LogP) is 4.76. The molecule has 0 aliphatic carbocycles. The molecule has 0 aliphatic rings. The number of anilines is 1. The molecule has 0 heterocycles. The van der Waals surface area contributed by atoms with Crippen molar-refractivity contribution >= 4 is 34.8 Å². The summed E-state index contributed by atoms with van der Waals surface area (Å²) in [6.07, 6.45) is -6.60. The Morgan fingerprint density at radius 2 is 1.52 bits per heavy atom. The molecular weight excluding hydrogens is 354 g/mol. The van der Waals surface area contributed by atoms with Crippen molar-refractivity contribution in [3.63, 3.8) is 0 Å². The molecule has 0 saturated carbocycles. The van der Waals surface area contributed by atoms with E-state index in [-0.39, 0.29) is 5.02 Å². The van der Waals surface area contributed by atoms with Gasteiger partial charge in [0.05, 0.1) is 10.7 Å². The Balaban J connectivity index is 3.07. The molecule has 0 bridgehead atoms. The lowest BCUT2D eigenvalue weighted by molar-refractivity contribution is -0.343. The molecule has 1 aromatic carbocycles. The van der Waals surface area contributed by atoms with Crippen LogP contribution < -0.4 is 5.32 Å². The van der Waals surface area contributed by atoms with E-state index < -0.39 is 34.6 Å². The number of rotatable bonds is 3. The summed E-state index contributed by atoms with van der Waals surface area (Å²) in [4.78, 5) is 11.0. The van der Waals surface area contributed by atoms with Crippen LogP contribution >= 0.6 is 23.2 Å². The largest absolute Gasteiger partial charge is 0.460 e. The van der Waals surface area contributed by atoms with Crippen LogP contribution in [-0.4, -0.2) is 23.9 Å². The summed E-state index contributed by atoms with van der Waals surface area (Å²) in [7, 11) is 0. The average Bonchev–Trinajstić information content (AvgIpc) is 2.30. The van der Waals surface area contributed by atoms with Gasteiger partial charge in [0.1, 0.15) is 0 Å². The van der Waals surface area contributed by atoms with Gasteiger partial charge >= 0.3 is 23.9 Å². The van der Waals surface area contributed by atoms with Crippen LogP contribution in [0.15, 0.2) is 18.2 Å². The van der Waals surface area contributed by atoms with Gasteiger partial charge in [-0.05, 0) is 18.2 Å². The van der Waals surface area contributed by atoms with Gasteiger partial charge in [0.25, 0.3) is 0 Å². The first-order chi connectivity index (χ1) is 9.30. The number of hydrogen-bond acceptors (Lipinski definition) is 1. The maximum Gasteiger partial charge on any atom is 0.460 e. The van der Waals surface area contributed by atoms with E-state index in [2.05, 4.69) is 0 Å². The highest BCUT2D eigenvalue weighted by Crippen LogP contribution is 2.47. The molecule has 0 spiro atoms. The molecule has 118 valence electrons. The molecule has 1 N–H and O–H groups in total. The van der Waals surface area contributed by atoms with Gasteiger partial charge in [0, 0.05) is 5.02 Å². The number of amides is 1. The smallest absolute Gasteiger partial charge is 0.319 e. The number of benzene rings is 1. The van der Waals surface area contributed by atoms with E-state index in [1.807, 2.05) is 0 Å². The SMILES string of the molecule is O=C(Nc1ccc(Cl)cc1Cl)C(F)(F)C(F)(F)C(F)(F)F. The summed E-state index contributed by atoms with van der Waals surface area (Å²) in [6, 6.07) is 2.90. The number of hydrogen-bond donors (Lipinski definition) is 1. The highest BCUT2D eigenvalue weighted by molar-refractivity contribution is 6.36. The maximum absolute atomic E-state index is 13.0. The molecule has 0 aliphatic heterocycles. The second-order valence-electron chi connectivity index (χ2n) is 3.72. The van der Waals surface area contributed by atoms with E-state index >= 15 is 0 Å². The predicted molar refractivity (Wildman–Crippen MR) is 61.0 cm³/mol. The second-order valence-corrected chi connectivity index (χ2v) is 4.57. The number of carbonyl (C=O) groups is 1. The maximum atomic E-state index is 13.0. The van der Waals surface area contributed by atoms with Crippen molar-refractivity contribution in [2.24, 2.45) is 0 Å². The van der Waals surface area contributed by atoms with Crippen LogP contribution in [0.3, 0.4) is 0 Å². The molecule has 1 rings (SSSR count). The van der Waals surface area contributed by atoms with Gasteiger partial charge in [0.15, 0.2) is 0 Å². The number of carbonyl (C=O) groups excluding carboxylic acids is 1. The molecule has 0 atom stereocenters. The average molecular weight is 358 g/mol. The van der Waals surface area contributed by atoms with Crippen molar-refractivity contribution in [2.75, 3.05) is 5.32 Å². The van der Waals surface area contributed by atoms with E-state index in [1.54, 1.807) is 0 Å². The Bertz CT molecular complexity index is 559. The fraction of sp³-hybridized carbons (Fsp3) is 0.300. The van der Waals surface area contributed by atoms with Crippen LogP contribution in [0.25, 0.3) is 0 Å². The minimum Gasteiger partial charge on any atom is -0.319 e. The number of halogens is 9. The third-order valence-corrected chi connectivity index (χ3v) is 2.76. The van der Waals surface area contributed by atoms with Gasteiger partial charge in [-0.25, -0.2) is 0 Å². The van der Waals surface area contributed by atoms with E-state index in [0.29, 0.717) is 0 Å². The molecule has 2 nitrogen and oxygen atoms in total. The van der Waals surface area contributed by atoms with Crippen molar-refractivity contribution in [2.45, 2.75) is 18.0 Å². The first-order valence-corrected chi connectivity index (χ1v) is 5.65. The van der Waals surface area contributed by atoms with Gasteiger partial charge in [0.2, 0.25) is 0 Å². The van der Waals surface area contributed by atoms with E-state index in [4.69, 9.17) is 23.2 Å². The van der Waals surface area contributed by atoms with Crippen molar-refractivity contribution in [3.8, 4) is 0 Å². The monoisotopic (exact) mass is 357 g/mol. The van der Waals surface area contributed by atoms with Crippen LogP contribution in [0.5, 0.6) is 0 Å². The molecule has 1 amide bonds. The van der Waals surface area contributed by atoms with Gasteiger partial charge in [-0.15, -0.1) is 0 Å². The quantitative estimate of drug-likeness (QED) is 0.776. The standard InChI is InChI=1S/C10H4Cl2F7NO/c11-4-1-2-6(5(12)3-4)20-7(21)8(13,14)9(15,16)10(17,18)19/h1-3H,(H,20,21). The second kappa shape index (κ2) is 5.53. The molecule has 0 saturated heterocycles. The first kappa shape index (κ1) is 17.8. The van der Waals surface area contributed by atoms with Crippen molar-refractivity contribution in [3.05, 3.63) is 28.2 Å². The highest BCUT2D eigenvalue weighted by atomic mass is 35.5. The van der Waals surface area contributed by atoms with Crippen LogP contribution in [0.1, 0.15) is 0 Å². The molecule has 1 aromatic rings. The van der Waals surface area contributed by atoms with Gasteiger partial charge in [-0.2, -0.15) is 30.7 Å². The summed E-state index contributed by atoms with van der Waals surface area (Å²) in [5.74, 6) is -15.4. The molecule has 0 radical (unpaired) electrons. The Labute approximate surface area is 122 Å². The zero-order valence-corrected chi connectivity index (χ0v) is 11.1. The van der Waals surface area contributed by atoms with E-state index in [1.165, 1.54) is 5.32 Å². The van der Waals surface area contributed by atoms with Crippen LogP contribution in [-0.2, 0) is 4.79 Å².